The molecule has 1 amide bonds. The lowest BCUT2D eigenvalue weighted by Crippen LogP contribution is -2.27. The van der Waals surface area contributed by atoms with Gasteiger partial charge >= 0.3 is 24.3 Å². The van der Waals surface area contributed by atoms with Crippen molar-refractivity contribution < 1.29 is 50.9 Å². The number of H-pyrrole nitrogens is 1. The van der Waals surface area contributed by atoms with Gasteiger partial charge in [0.2, 0.25) is 0 Å². The van der Waals surface area contributed by atoms with Crippen LogP contribution >= 0.6 is 0 Å². The van der Waals surface area contributed by atoms with E-state index in [-0.39, 0.29) is 0 Å². The number of likely N-dealkylation sites (tertiary alicyclic amines) is 1. The smallest absolute Gasteiger partial charge is 0.475 e. The lowest BCUT2D eigenvalue weighted by Gasteiger charge is -2.20. The summed E-state index contributed by atoms with van der Waals surface area (Å²) in [5, 5.41) is 14.2. The molecule has 0 aliphatic carbocycles. The van der Waals surface area contributed by atoms with Gasteiger partial charge in [-0.3, -0.25) is 4.79 Å². The molecule has 40 heavy (non-hydrogen) atoms. The molecular weight excluding hydrogens is 550 g/mol. The summed E-state index contributed by atoms with van der Waals surface area (Å²) in [6, 6.07) is 14.6. The van der Waals surface area contributed by atoms with Gasteiger partial charge in [-0.25, -0.2) is 14.6 Å². The maximum atomic E-state index is 11.6. The van der Waals surface area contributed by atoms with Crippen LogP contribution in [-0.4, -0.2) is 74.4 Å². The van der Waals surface area contributed by atoms with Crippen molar-refractivity contribution in [3.05, 3.63) is 53.6 Å². The number of nitrogens with one attached hydrogen (secondary N) is 1. The van der Waals surface area contributed by atoms with Gasteiger partial charge in [0.15, 0.2) is 0 Å². The number of carbonyl (C=O) groups is 3. The molecule has 1 saturated heterocycles. The quantitative estimate of drug-likeness (QED) is 0.326. The zero-order chi connectivity index (χ0) is 30.4. The number of hydrogen-bond acceptors (Lipinski definition) is 5. The first-order valence-corrected chi connectivity index (χ1v) is 11.6. The molecule has 15 heteroatoms. The summed E-state index contributed by atoms with van der Waals surface area (Å²) in [6.07, 6.45) is -8.95. The van der Waals surface area contributed by atoms with Crippen molar-refractivity contribution in [1.29, 1.82) is 0 Å². The Morgan fingerprint density at radius 2 is 1.50 bits per heavy atom. The summed E-state index contributed by atoms with van der Waals surface area (Å²) in [7, 11) is 0. The van der Waals surface area contributed by atoms with Crippen LogP contribution in [0.2, 0.25) is 0 Å². The zero-order valence-electron chi connectivity index (χ0n) is 21.2. The minimum absolute atomic E-state index is 0.446. The van der Waals surface area contributed by atoms with Gasteiger partial charge in [0.1, 0.15) is 11.3 Å². The highest BCUT2D eigenvalue weighted by atomic mass is 19.4. The third-order valence-corrected chi connectivity index (χ3v) is 5.87. The molecule has 2 heterocycles. The topological polar surface area (TPSA) is 150 Å². The van der Waals surface area contributed by atoms with Gasteiger partial charge in [0.25, 0.3) is 5.91 Å². The van der Waals surface area contributed by atoms with E-state index in [2.05, 4.69) is 53.0 Å². The molecule has 5 N–H and O–H groups in total. The van der Waals surface area contributed by atoms with Crippen LogP contribution in [0, 0.1) is 0 Å². The number of nitrogens with zero attached hydrogens (tertiary/aromatic N) is 2. The molecule has 2 aromatic carbocycles. The first kappa shape index (κ1) is 32.1. The number of aliphatic carboxylic acids is 2. The van der Waals surface area contributed by atoms with Crippen molar-refractivity contribution in [3.8, 4) is 11.4 Å². The highest BCUT2D eigenvalue weighted by molar-refractivity contribution is 6.04. The van der Waals surface area contributed by atoms with Gasteiger partial charge in [0, 0.05) is 18.2 Å². The number of carboxylic acid groups (broad SMARTS) is 2. The van der Waals surface area contributed by atoms with Gasteiger partial charge in [-0.2, -0.15) is 26.3 Å². The van der Waals surface area contributed by atoms with Crippen LogP contribution < -0.4 is 5.73 Å². The van der Waals surface area contributed by atoms with E-state index in [4.69, 9.17) is 25.5 Å². The van der Waals surface area contributed by atoms with Crippen molar-refractivity contribution in [2.24, 2.45) is 5.73 Å². The molecule has 0 radical (unpaired) electrons. The average molecular weight is 576 g/mol. The molecule has 0 bridgehead atoms. The number of hydrogen-bond donors (Lipinski definition) is 4. The molecule has 1 fully saturated rings. The van der Waals surface area contributed by atoms with Gasteiger partial charge < -0.3 is 25.8 Å². The number of halogens is 6. The van der Waals surface area contributed by atoms with Gasteiger partial charge in [-0.15, -0.1) is 0 Å². The van der Waals surface area contributed by atoms with E-state index in [0.717, 1.165) is 23.4 Å². The highest BCUT2D eigenvalue weighted by Gasteiger charge is 2.38. The third kappa shape index (κ3) is 8.69. The first-order valence-electron chi connectivity index (χ1n) is 11.6. The van der Waals surface area contributed by atoms with Crippen LogP contribution in [0.5, 0.6) is 0 Å². The number of para-hydroxylation sites is 1. The monoisotopic (exact) mass is 576 g/mol. The maximum Gasteiger partial charge on any atom is 0.490 e. The third-order valence-electron chi connectivity index (χ3n) is 5.87. The highest BCUT2D eigenvalue weighted by Crippen LogP contribution is 2.30. The number of primary amides is 1. The number of rotatable bonds is 4. The predicted octanol–water partition coefficient (Wildman–Crippen LogP) is 4.79. The zero-order valence-corrected chi connectivity index (χ0v) is 21.2. The van der Waals surface area contributed by atoms with Crippen molar-refractivity contribution in [2.45, 2.75) is 44.6 Å². The second kappa shape index (κ2) is 12.8. The number of alkyl halides is 6. The Bertz CT molecular complexity index is 1310. The standard InChI is InChI=1S/C21H24N4O.2C2HF3O2/c1-13(2)25-11-10-16(12-25)14-6-8-15(9-7-14)21-23-18-5-3-4-17(20(22)26)19(18)24-21;2*3-2(4,5)1(6)7/h3-9,13,16H,10-12H2,1-2H3,(H2,22,26)(H,23,24);2*(H,6,7). The first-order chi connectivity index (χ1) is 18.4. The van der Waals surface area contributed by atoms with Gasteiger partial charge in [-0.05, 0) is 50.4 Å². The molecule has 1 aliphatic heterocycles. The SMILES string of the molecule is CC(C)N1CCC(c2ccc(-c3nc4c(C(N)=O)cccc4[nH]3)cc2)C1.O=C(O)C(F)(F)F.O=C(O)C(F)(F)F. The van der Waals surface area contributed by atoms with E-state index in [1.54, 1.807) is 6.07 Å². The largest absolute Gasteiger partial charge is 0.490 e. The number of amides is 1. The molecule has 4 rings (SSSR count). The molecule has 218 valence electrons. The van der Waals surface area contributed by atoms with Crippen LogP contribution in [0.25, 0.3) is 22.4 Å². The molecular formula is C25H26F6N4O5. The summed E-state index contributed by atoms with van der Waals surface area (Å²) in [5.41, 5.74) is 9.74. The van der Waals surface area contributed by atoms with Crippen molar-refractivity contribution >= 4 is 28.9 Å². The summed E-state index contributed by atoms with van der Waals surface area (Å²) in [5.74, 6) is -4.61. The summed E-state index contributed by atoms with van der Waals surface area (Å²) < 4.78 is 63.5. The van der Waals surface area contributed by atoms with Crippen LogP contribution in [0.3, 0.4) is 0 Å². The van der Waals surface area contributed by atoms with E-state index < -0.39 is 30.2 Å². The Hall–Kier alpha value is -4.14. The van der Waals surface area contributed by atoms with Crippen LogP contribution in [-0.2, 0) is 9.59 Å². The molecule has 1 aromatic heterocycles. The molecule has 0 saturated carbocycles. The number of imidazole rings is 1. The average Bonchev–Trinajstić information content (AvgIpc) is 3.51. The number of fused-ring (bicyclic) bond motifs is 1. The Balaban J connectivity index is 0.000000333. The van der Waals surface area contributed by atoms with Crippen LogP contribution in [0.15, 0.2) is 42.5 Å². The fourth-order valence-corrected chi connectivity index (χ4v) is 3.81. The van der Waals surface area contributed by atoms with Crippen LogP contribution in [0.1, 0.15) is 42.1 Å². The number of nitrogens with two attached hydrogens (primary N) is 1. The number of aromatic amines is 1. The van der Waals surface area contributed by atoms with E-state index >= 15 is 0 Å². The van der Waals surface area contributed by atoms with Crippen molar-refractivity contribution in [3.63, 3.8) is 0 Å². The summed E-state index contributed by atoms with van der Waals surface area (Å²) >= 11 is 0. The molecule has 1 unspecified atom stereocenters. The minimum Gasteiger partial charge on any atom is -0.475 e. The van der Waals surface area contributed by atoms with Gasteiger partial charge in [-0.1, -0.05) is 30.3 Å². The van der Waals surface area contributed by atoms with E-state index in [9.17, 15) is 31.1 Å². The number of carbonyl (C=O) groups excluding carboxylic acids is 1. The van der Waals surface area contributed by atoms with E-state index in [1.165, 1.54) is 18.5 Å². The Kier molecular flexibility index (Phi) is 10.3. The van der Waals surface area contributed by atoms with Crippen molar-refractivity contribution in [1.82, 2.24) is 14.9 Å². The molecule has 1 aliphatic rings. The summed E-state index contributed by atoms with van der Waals surface area (Å²) in [4.78, 5) is 39.8. The van der Waals surface area contributed by atoms with E-state index in [0.29, 0.717) is 23.0 Å². The lowest BCUT2D eigenvalue weighted by atomic mass is 9.97. The summed E-state index contributed by atoms with van der Waals surface area (Å²) in [6.45, 7) is 6.81. The number of carboxylic acids is 2. The molecule has 9 nitrogen and oxygen atoms in total. The van der Waals surface area contributed by atoms with Crippen molar-refractivity contribution in [2.75, 3.05) is 13.1 Å². The Morgan fingerprint density at radius 1 is 0.975 bits per heavy atom. The Morgan fingerprint density at radius 3 is 1.93 bits per heavy atom. The molecule has 0 spiro atoms. The fourth-order valence-electron chi connectivity index (χ4n) is 3.81. The number of aromatic nitrogens is 2. The fraction of sp³-hybridized carbons (Fsp3) is 0.360. The normalized spacial score (nSPS) is 15.7. The van der Waals surface area contributed by atoms with Gasteiger partial charge in [0.05, 0.1) is 11.1 Å². The lowest BCUT2D eigenvalue weighted by molar-refractivity contribution is -0.193. The predicted molar refractivity (Wildman–Crippen MR) is 131 cm³/mol. The van der Waals surface area contributed by atoms with Crippen LogP contribution in [0.4, 0.5) is 26.3 Å². The molecule has 3 aromatic rings. The number of benzene rings is 2. The molecule has 1 atom stereocenters. The minimum atomic E-state index is -5.08. The second-order valence-corrected chi connectivity index (χ2v) is 8.95. The maximum absolute atomic E-state index is 11.6. The second-order valence-electron chi connectivity index (χ2n) is 8.95. The Labute approximate surface area is 223 Å². The van der Waals surface area contributed by atoms with E-state index in [1.807, 2.05) is 12.1 Å².